The molecule has 0 aliphatic carbocycles. The number of unbranched alkanes of at least 4 members (excludes halogenated alkanes) is 1. The molecule has 0 saturated carbocycles. The Morgan fingerprint density at radius 2 is 1.79 bits per heavy atom. The molecule has 0 radical (unpaired) electrons. The summed E-state index contributed by atoms with van der Waals surface area (Å²) in [4.78, 5) is 11.3. The zero-order valence-electron chi connectivity index (χ0n) is 19.9. The third kappa shape index (κ3) is 9.37. The van der Waals surface area contributed by atoms with Crippen molar-refractivity contribution < 1.29 is 4.74 Å². The fourth-order valence-corrected chi connectivity index (χ4v) is 4.07. The van der Waals surface area contributed by atoms with Crippen LogP contribution in [0, 0.1) is 0 Å². The number of halogens is 1. The van der Waals surface area contributed by atoms with E-state index in [1.165, 1.54) is 24.8 Å². The first-order chi connectivity index (χ1) is 15.8. The predicted octanol–water partition coefficient (Wildman–Crippen LogP) is 4.29. The summed E-state index contributed by atoms with van der Waals surface area (Å²) >= 11 is 0. The maximum Gasteiger partial charge on any atom is 0.191 e. The van der Waals surface area contributed by atoms with Gasteiger partial charge in [-0.15, -0.1) is 24.0 Å². The summed E-state index contributed by atoms with van der Waals surface area (Å²) in [5.41, 5.74) is 1.32. The molecule has 3 rings (SSSR count). The van der Waals surface area contributed by atoms with Gasteiger partial charge < -0.3 is 20.7 Å². The molecule has 1 saturated heterocycles. The molecule has 2 heterocycles. The van der Waals surface area contributed by atoms with E-state index in [-0.39, 0.29) is 24.0 Å². The molecule has 1 aliphatic rings. The van der Waals surface area contributed by atoms with Crippen LogP contribution in [0.25, 0.3) is 0 Å². The number of ether oxygens (including phenoxy) is 1. The fourth-order valence-electron chi connectivity index (χ4n) is 4.07. The first-order valence-corrected chi connectivity index (χ1v) is 11.8. The van der Waals surface area contributed by atoms with Crippen molar-refractivity contribution in [3.8, 4) is 5.75 Å². The van der Waals surface area contributed by atoms with Crippen molar-refractivity contribution >= 4 is 35.8 Å². The number of nitrogens with one attached hydrogen (secondary N) is 3. The molecule has 0 bridgehead atoms. The highest BCUT2D eigenvalue weighted by atomic mass is 127. The number of nitrogens with zero attached hydrogens (tertiary/aromatic N) is 3. The molecule has 0 spiro atoms. The van der Waals surface area contributed by atoms with Crippen LogP contribution in [0.4, 0.5) is 5.82 Å². The van der Waals surface area contributed by atoms with E-state index < -0.39 is 0 Å². The van der Waals surface area contributed by atoms with Crippen molar-refractivity contribution in [3.63, 3.8) is 0 Å². The van der Waals surface area contributed by atoms with Crippen molar-refractivity contribution in [1.29, 1.82) is 0 Å². The molecule has 1 aliphatic heterocycles. The molecule has 7 nitrogen and oxygen atoms in total. The Hall–Kier alpha value is -2.07. The van der Waals surface area contributed by atoms with Gasteiger partial charge in [-0.05, 0) is 68.6 Å². The van der Waals surface area contributed by atoms with Crippen LogP contribution in [0.1, 0.15) is 43.7 Å². The average Bonchev–Trinajstić information content (AvgIpc) is 2.86. The quantitative estimate of drug-likeness (QED) is 0.163. The van der Waals surface area contributed by atoms with Crippen LogP contribution in [0.3, 0.4) is 0 Å². The summed E-state index contributed by atoms with van der Waals surface area (Å²) < 4.78 is 5.34. The van der Waals surface area contributed by atoms with Crippen LogP contribution in [0.15, 0.2) is 53.7 Å². The molecule has 182 valence electrons. The first-order valence-electron chi connectivity index (χ1n) is 11.8. The van der Waals surface area contributed by atoms with Crippen LogP contribution >= 0.6 is 24.0 Å². The Bertz CT molecular complexity index is 796. The normalized spacial score (nSPS) is 15.3. The average molecular weight is 567 g/mol. The summed E-state index contributed by atoms with van der Waals surface area (Å²) in [5, 5.41) is 10.4. The summed E-state index contributed by atoms with van der Waals surface area (Å²) in [6.07, 6.45) is 7.82. The molecule has 0 amide bonds. The van der Waals surface area contributed by atoms with E-state index in [4.69, 9.17) is 4.74 Å². The van der Waals surface area contributed by atoms with Crippen LogP contribution < -0.4 is 20.7 Å². The van der Waals surface area contributed by atoms with Gasteiger partial charge in [0.15, 0.2) is 5.96 Å². The molecule has 8 heteroatoms. The largest absolute Gasteiger partial charge is 0.497 e. The van der Waals surface area contributed by atoms with Gasteiger partial charge in [-0.1, -0.05) is 24.6 Å². The lowest BCUT2D eigenvalue weighted by Gasteiger charge is -2.35. The first kappa shape index (κ1) is 27.2. The maximum atomic E-state index is 5.34. The van der Waals surface area contributed by atoms with Crippen molar-refractivity contribution in [2.24, 2.45) is 4.99 Å². The molecule has 3 N–H and O–H groups in total. The Labute approximate surface area is 215 Å². The standard InChI is InChI=1S/C25H38N6O.HI/c1-26-25(29-17-7-6-16-28-24-10-4-5-15-27-24)30-20-23(31-18-8-3-9-19-31)21-11-13-22(32-2)14-12-21;/h4-5,10-15,23H,3,6-9,16-20H2,1-2H3,(H,27,28)(H2,26,29,30);1H. The summed E-state index contributed by atoms with van der Waals surface area (Å²) in [7, 11) is 3.55. The molecule has 1 fully saturated rings. The van der Waals surface area contributed by atoms with E-state index in [0.717, 1.165) is 63.1 Å². The predicted molar refractivity (Wildman–Crippen MR) is 148 cm³/mol. The van der Waals surface area contributed by atoms with Gasteiger partial charge >= 0.3 is 0 Å². The number of aromatic nitrogens is 1. The van der Waals surface area contributed by atoms with Gasteiger partial charge in [-0.3, -0.25) is 9.89 Å². The highest BCUT2D eigenvalue weighted by molar-refractivity contribution is 14.0. The third-order valence-electron chi connectivity index (χ3n) is 5.89. The van der Waals surface area contributed by atoms with Crippen molar-refractivity contribution in [2.45, 2.75) is 38.1 Å². The maximum absolute atomic E-state index is 5.34. The van der Waals surface area contributed by atoms with E-state index in [9.17, 15) is 0 Å². The van der Waals surface area contributed by atoms with Gasteiger partial charge in [0, 0.05) is 32.9 Å². The lowest BCUT2D eigenvalue weighted by molar-refractivity contribution is 0.164. The molecule has 1 atom stereocenters. The summed E-state index contributed by atoms with van der Waals surface area (Å²) in [6, 6.07) is 14.7. The highest BCUT2D eigenvalue weighted by Crippen LogP contribution is 2.25. The monoisotopic (exact) mass is 566 g/mol. The number of piperidine rings is 1. The second kappa shape index (κ2) is 15.7. The van der Waals surface area contributed by atoms with Gasteiger partial charge in [0.25, 0.3) is 0 Å². The Kier molecular flexibility index (Phi) is 12.9. The smallest absolute Gasteiger partial charge is 0.191 e. The van der Waals surface area contributed by atoms with Gasteiger partial charge in [0.2, 0.25) is 0 Å². The highest BCUT2D eigenvalue weighted by Gasteiger charge is 2.22. The van der Waals surface area contributed by atoms with Gasteiger partial charge in [0.1, 0.15) is 11.6 Å². The van der Waals surface area contributed by atoms with Gasteiger partial charge in [0.05, 0.1) is 13.2 Å². The SMILES string of the molecule is CN=C(NCCCCNc1ccccn1)NCC(c1ccc(OC)cc1)N1CCCCC1.I. The number of methoxy groups -OCH3 is 1. The number of benzene rings is 1. The number of hydrogen-bond acceptors (Lipinski definition) is 5. The number of hydrogen-bond donors (Lipinski definition) is 3. The fraction of sp³-hybridized carbons (Fsp3) is 0.520. The van der Waals surface area contributed by atoms with E-state index in [1.807, 2.05) is 31.4 Å². The Morgan fingerprint density at radius 3 is 2.45 bits per heavy atom. The van der Waals surface area contributed by atoms with Crippen LogP contribution in [-0.4, -0.2) is 62.7 Å². The Morgan fingerprint density at radius 1 is 1.03 bits per heavy atom. The zero-order chi connectivity index (χ0) is 22.4. The number of pyridine rings is 1. The van der Waals surface area contributed by atoms with Crippen molar-refractivity contribution in [1.82, 2.24) is 20.5 Å². The summed E-state index contributed by atoms with van der Waals surface area (Å²) in [6.45, 7) is 4.92. The molecule has 1 unspecified atom stereocenters. The van der Waals surface area contributed by atoms with Gasteiger partial charge in [-0.2, -0.15) is 0 Å². The lowest BCUT2D eigenvalue weighted by atomic mass is 10.0. The van der Waals surface area contributed by atoms with E-state index in [1.54, 1.807) is 7.11 Å². The second-order valence-corrected chi connectivity index (χ2v) is 8.11. The molecule has 1 aromatic carbocycles. The van der Waals surface area contributed by atoms with Gasteiger partial charge in [-0.25, -0.2) is 4.98 Å². The van der Waals surface area contributed by atoms with E-state index in [2.05, 4.69) is 55.1 Å². The Balaban J connectivity index is 0.00000385. The molecule has 1 aromatic heterocycles. The van der Waals surface area contributed by atoms with Crippen molar-refractivity contribution in [3.05, 3.63) is 54.2 Å². The topological polar surface area (TPSA) is 73.8 Å². The number of aliphatic imine (C=N–C) groups is 1. The second-order valence-electron chi connectivity index (χ2n) is 8.11. The lowest BCUT2D eigenvalue weighted by Crippen LogP contribution is -2.44. The zero-order valence-corrected chi connectivity index (χ0v) is 22.3. The van der Waals surface area contributed by atoms with Crippen LogP contribution in [-0.2, 0) is 0 Å². The minimum Gasteiger partial charge on any atom is -0.497 e. The number of anilines is 1. The summed E-state index contributed by atoms with van der Waals surface area (Å²) in [5.74, 6) is 2.69. The number of guanidine groups is 1. The van der Waals surface area contributed by atoms with Crippen molar-refractivity contribution in [2.75, 3.05) is 52.2 Å². The third-order valence-corrected chi connectivity index (χ3v) is 5.89. The minimum atomic E-state index is 0. The molecular formula is C25H39IN6O. The minimum absolute atomic E-state index is 0. The molecule has 2 aromatic rings. The number of rotatable bonds is 11. The van der Waals surface area contributed by atoms with Crippen LogP contribution in [0.5, 0.6) is 5.75 Å². The number of likely N-dealkylation sites (tertiary alicyclic amines) is 1. The molecule has 33 heavy (non-hydrogen) atoms. The van der Waals surface area contributed by atoms with Crippen LogP contribution in [0.2, 0.25) is 0 Å². The van der Waals surface area contributed by atoms with E-state index >= 15 is 0 Å². The molecular weight excluding hydrogens is 527 g/mol. The van der Waals surface area contributed by atoms with E-state index in [0.29, 0.717) is 6.04 Å².